The van der Waals surface area contributed by atoms with Gasteiger partial charge in [0.1, 0.15) is 5.69 Å². The largest absolute Gasteiger partial charge is 0.348 e. The molecule has 0 aliphatic carbocycles. The highest BCUT2D eigenvalue weighted by Crippen LogP contribution is 2.23. The molecule has 1 fully saturated rings. The van der Waals surface area contributed by atoms with Crippen LogP contribution in [0.1, 0.15) is 45.5 Å². The van der Waals surface area contributed by atoms with Crippen LogP contribution in [-0.2, 0) is 6.54 Å². The van der Waals surface area contributed by atoms with Gasteiger partial charge in [-0.3, -0.25) is 14.6 Å². The molecule has 1 N–H and O–H groups in total. The molecule has 1 saturated heterocycles. The summed E-state index contributed by atoms with van der Waals surface area (Å²) in [5, 5.41) is 7.67. The minimum Gasteiger partial charge on any atom is -0.348 e. The molecule has 3 heterocycles. The first-order valence-corrected chi connectivity index (χ1v) is 11.9. The number of para-hydroxylation sites is 1. The minimum atomic E-state index is -0.223. The second-order valence-corrected chi connectivity index (χ2v) is 8.65. The Morgan fingerprint density at radius 3 is 2.37 bits per heavy atom. The Morgan fingerprint density at radius 1 is 0.886 bits per heavy atom. The zero-order valence-electron chi connectivity index (χ0n) is 19.4. The molecule has 0 spiro atoms. The summed E-state index contributed by atoms with van der Waals surface area (Å²) >= 11 is 0. The van der Waals surface area contributed by atoms with Crippen molar-refractivity contribution in [3.8, 4) is 16.9 Å². The van der Waals surface area contributed by atoms with Crippen LogP contribution >= 0.6 is 0 Å². The number of benzene rings is 2. The molecule has 0 unspecified atom stereocenters. The summed E-state index contributed by atoms with van der Waals surface area (Å²) in [4.78, 5) is 32.0. The number of hydrogen-bond acceptors (Lipinski definition) is 4. The van der Waals surface area contributed by atoms with Crippen molar-refractivity contribution in [3.05, 3.63) is 102 Å². The maximum Gasteiger partial charge on any atom is 0.255 e. The predicted octanol–water partition coefficient (Wildman–Crippen LogP) is 4.49. The molecule has 0 atom stereocenters. The molecule has 35 heavy (non-hydrogen) atoms. The highest BCUT2D eigenvalue weighted by atomic mass is 16.2. The normalized spacial score (nSPS) is 13.4. The smallest absolute Gasteiger partial charge is 0.255 e. The Morgan fingerprint density at radius 2 is 1.66 bits per heavy atom. The predicted molar refractivity (Wildman–Crippen MR) is 134 cm³/mol. The third-order valence-electron chi connectivity index (χ3n) is 6.21. The third-order valence-corrected chi connectivity index (χ3v) is 6.21. The van der Waals surface area contributed by atoms with Gasteiger partial charge in [-0.15, -0.1) is 0 Å². The molecule has 2 aromatic carbocycles. The number of piperidine rings is 1. The van der Waals surface area contributed by atoms with Gasteiger partial charge in [-0.2, -0.15) is 5.10 Å². The van der Waals surface area contributed by atoms with Gasteiger partial charge in [-0.25, -0.2) is 4.68 Å². The van der Waals surface area contributed by atoms with Gasteiger partial charge in [0, 0.05) is 49.4 Å². The summed E-state index contributed by atoms with van der Waals surface area (Å²) in [5.41, 5.74) is 4.29. The highest BCUT2D eigenvalue weighted by molar-refractivity contribution is 6.00. The lowest BCUT2D eigenvalue weighted by atomic mass is 10.1. The summed E-state index contributed by atoms with van der Waals surface area (Å²) in [6.07, 6.45) is 8.46. The van der Waals surface area contributed by atoms with Crippen LogP contribution in [0.25, 0.3) is 16.9 Å². The van der Waals surface area contributed by atoms with Crippen molar-refractivity contribution in [2.75, 3.05) is 13.1 Å². The molecule has 2 aromatic heterocycles. The maximum atomic E-state index is 13.2. The summed E-state index contributed by atoms with van der Waals surface area (Å²) < 4.78 is 1.71. The van der Waals surface area contributed by atoms with Gasteiger partial charge in [-0.1, -0.05) is 30.3 Å². The van der Waals surface area contributed by atoms with E-state index in [1.54, 1.807) is 23.3 Å². The standard InChI is InChI=1S/C28H27N5O2/c34-27(30-18-21-11-13-22(14-12-21)28(35)32-16-5-2-6-17-32)25-20-33(24-9-3-1-4-10-24)31-26(25)23-8-7-15-29-19-23/h1,3-4,7-15,19-20H,2,5-6,16-18H2,(H,30,34). The quantitative estimate of drug-likeness (QED) is 0.455. The SMILES string of the molecule is O=C(NCc1ccc(C(=O)N2CCCCC2)cc1)c1cn(-c2ccccc2)nc1-c1cccnc1. The average molecular weight is 466 g/mol. The van der Waals surface area contributed by atoms with Crippen LogP contribution in [0.15, 0.2) is 85.3 Å². The molecule has 0 bridgehead atoms. The van der Waals surface area contributed by atoms with Gasteiger partial charge in [0.2, 0.25) is 0 Å². The van der Waals surface area contributed by atoms with Crippen LogP contribution in [0.5, 0.6) is 0 Å². The fourth-order valence-electron chi connectivity index (χ4n) is 4.29. The summed E-state index contributed by atoms with van der Waals surface area (Å²) in [7, 11) is 0. The maximum absolute atomic E-state index is 13.2. The Kier molecular flexibility index (Phi) is 6.66. The monoisotopic (exact) mass is 465 g/mol. The van der Waals surface area contributed by atoms with Crippen molar-refractivity contribution < 1.29 is 9.59 Å². The van der Waals surface area contributed by atoms with Crippen molar-refractivity contribution in [2.24, 2.45) is 0 Å². The summed E-state index contributed by atoms with van der Waals surface area (Å²) in [6.45, 7) is 2.00. The van der Waals surface area contributed by atoms with Gasteiger partial charge in [0.25, 0.3) is 11.8 Å². The van der Waals surface area contributed by atoms with Gasteiger partial charge in [-0.05, 0) is 61.2 Å². The molecule has 176 valence electrons. The number of pyridine rings is 1. The number of nitrogens with zero attached hydrogens (tertiary/aromatic N) is 4. The molecule has 0 radical (unpaired) electrons. The van der Waals surface area contributed by atoms with E-state index >= 15 is 0 Å². The van der Waals surface area contributed by atoms with Gasteiger partial charge in [0.05, 0.1) is 11.3 Å². The van der Waals surface area contributed by atoms with E-state index in [4.69, 9.17) is 0 Å². The van der Waals surface area contributed by atoms with E-state index in [2.05, 4.69) is 15.4 Å². The zero-order chi connectivity index (χ0) is 24.0. The van der Waals surface area contributed by atoms with E-state index in [0.717, 1.165) is 42.7 Å². The molecule has 2 amide bonds. The van der Waals surface area contributed by atoms with Crippen LogP contribution in [0.4, 0.5) is 0 Å². The van der Waals surface area contributed by atoms with Crippen molar-refractivity contribution in [3.63, 3.8) is 0 Å². The third kappa shape index (κ3) is 5.14. The van der Waals surface area contributed by atoms with E-state index in [-0.39, 0.29) is 11.8 Å². The molecule has 5 rings (SSSR count). The van der Waals surface area contributed by atoms with Crippen LogP contribution in [0.3, 0.4) is 0 Å². The van der Waals surface area contributed by atoms with Crippen molar-refractivity contribution in [1.82, 2.24) is 25.0 Å². The number of hydrogen-bond donors (Lipinski definition) is 1. The van der Waals surface area contributed by atoms with Gasteiger partial charge in [0.15, 0.2) is 0 Å². The number of carbonyl (C=O) groups excluding carboxylic acids is 2. The number of rotatable bonds is 6. The fraction of sp³-hybridized carbons (Fsp3) is 0.214. The molecule has 7 nitrogen and oxygen atoms in total. The number of amides is 2. The molecular weight excluding hydrogens is 438 g/mol. The van der Waals surface area contributed by atoms with Gasteiger partial charge >= 0.3 is 0 Å². The van der Waals surface area contributed by atoms with E-state index in [9.17, 15) is 9.59 Å². The first-order valence-electron chi connectivity index (χ1n) is 11.9. The zero-order valence-corrected chi connectivity index (χ0v) is 19.4. The molecule has 0 saturated carbocycles. The van der Waals surface area contributed by atoms with E-state index in [1.807, 2.05) is 71.6 Å². The number of aromatic nitrogens is 3. The van der Waals surface area contributed by atoms with E-state index in [1.165, 1.54) is 6.42 Å². The Bertz CT molecular complexity index is 1290. The lowest BCUT2D eigenvalue weighted by Crippen LogP contribution is -2.35. The lowest BCUT2D eigenvalue weighted by molar-refractivity contribution is 0.0724. The fourth-order valence-corrected chi connectivity index (χ4v) is 4.29. The average Bonchev–Trinajstić information content (AvgIpc) is 3.39. The minimum absolute atomic E-state index is 0.0784. The number of likely N-dealkylation sites (tertiary alicyclic amines) is 1. The second kappa shape index (κ2) is 10.3. The van der Waals surface area contributed by atoms with Crippen LogP contribution in [0, 0.1) is 0 Å². The first kappa shape index (κ1) is 22.5. The molecule has 4 aromatic rings. The van der Waals surface area contributed by atoms with Crippen LogP contribution < -0.4 is 5.32 Å². The summed E-state index contributed by atoms with van der Waals surface area (Å²) in [6, 6.07) is 20.9. The second-order valence-electron chi connectivity index (χ2n) is 8.65. The Hall–Kier alpha value is -4.26. The first-order chi connectivity index (χ1) is 17.2. The van der Waals surface area contributed by atoms with Gasteiger partial charge < -0.3 is 10.2 Å². The van der Waals surface area contributed by atoms with Crippen LogP contribution in [0.2, 0.25) is 0 Å². The Labute approximate surface area is 204 Å². The molecule has 1 aliphatic rings. The van der Waals surface area contributed by atoms with E-state index < -0.39 is 0 Å². The molecule has 1 aliphatic heterocycles. The van der Waals surface area contributed by atoms with E-state index in [0.29, 0.717) is 23.4 Å². The number of nitrogens with one attached hydrogen (secondary N) is 1. The number of carbonyl (C=O) groups is 2. The highest BCUT2D eigenvalue weighted by Gasteiger charge is 2.20. The van der Waals surface area contributed by atoms with Crippen LogP contribution in [-0.4, -0.2) is 44.6 Å². The lowest BCUT2D eigenvalue weighted by Gasteiger charge is -2.26. The molecular formula is C28H27N5O2. The van der Waals surface area contributed by atoms with Crippen molar-refractivity contribution in [1.29, 1.82) is 0 Å². The van der Waals surface area contributed by atoms with Crippen molar-refractivity contribution in [2.45, 2.75) is 25.8 Å². The summed E-state index contributed by atoms with van der Waals surface area (Å²) in [5.74, 6) is -0.144. The molecule has 7 heteroatoms. The topological polar surface area (TPSA) is 80.1 Å². The Balaban J connectivity index is 1.31. The van der Waals surface area contributed by atoms with Crippen molar-refractivity contribution >= 4 is 11.8 Å².